The summed E-state index contributed by atoms with van der Waals surface area (Å²) in [6.45, 7) is 5.53. The Balaban J connectivity index is 1.72. The van der Waals surface area contributed by atoms with Crippen molar-refractivity contribution < 1.29 is 23.8 Å². The molecule has 1 aliphatic rings. The van der Waals surface area contributed by atoms with Crippen LogP contribution in [0.1, 0.15) is 31.4 Å². The molecule has 0 spiro atoms. The van der Waals surface area contributed by atoms with Gasteiger partial charge in [-0.15, -0.1) is 0 Å². The van der Waals surface area contributed by atoms with E-state index in [2.05, 4.69) is 5.32 Å². The molecule has 0 saturated heterocycles. The molecule has 0 bridgehead atoms. The van der Waals surface area contributed by atoms with Crippen molar-refractivity contribution in [3.63, 3.8) is 0 Å². The Hall–Kier alpha value is -3.22. The third kappa shape index (κ3) is 5.90. The number of nitrogens with zero attached hydrogens (tertiary/aromatic N) is 1. The van der Waals surface area contributed by atoms with Gasteiger partial charge in [-0.05, 0) is 55.7 Å². The van der Waals surface area contributed by atoms with Crippen molar-refractivity contribution in [3.8, 4) is 17.2 Å². The highest BCUT2D eigenvalue weighted by Crippen LogP contribution is 2.31. The van der Waals surface area contributed by atoms with Crippen molar-refractivity contribution in [2.75, 3.05) is 26.9 Å². The van der Waals surface area contributed by atoms with Crippen LogP contribution in [0.3, 0.4) is 0 Å². The SMILES string of the molecule is CCNC(=O)[C@@H](C)N(Cc1cccc(OC)c1)C(=O)CCc1ccc2c(c1)OCCO2. The summed E-state index contributed by atoms with van der Waals surface area (Å²) in [4.78, 5) is 27.3. The predicted molar refractivity (Wildman–Crippen MR) is 117 cm³/mol. The zero-order chi connectivity index (χ0) is 22.2. The lowest BCUT2D eigenvalue weighted by Crippen LogP contribution is -2.47. The Morgan fingerprint density at radius 2 is 1.87 bits per heavy atom. The summed E-state index contributed by atoms with van der Waals surface area (Å²) in [7, 11) is 1.60. The number of nitrogens with one attached hydrogen (secondary N) is 1. The minimum atomic E-state index is -0.584. The van der Waals surface area contributed by atoms with Crippen molar-refractivity contribution in [2.45, 2.75) is 39.3 Å². The fraction of sp³-hybridized carbons (Fsp3) is 0.417. The van der Waals surface area contributed by atoms with E-state index in [1.807, 2.05) is 49.4 Å². The van der Waals surface area contributed by atoms with Crippen LogP contribution in [0.4, 0.5) is 0 Å². The number of hydrogen-bond acceptors (Lipinski definition) is 5. The lowest BCUT2D eigenvalue weighted by molar-refractivity contribution is -0.140. The lowest BCUT2D eigenvalue weighted by Gasteiger charge is -2.29. The average Bonchev–Trinajstić information content (AvgIpc) is 2.80. The Kier molecular flexibility index (Phi) is 7.76. The van der Waals surface area contributed by atoms with Crippen molar-refractivity contribution in [3.05, 3.63) is 53.6 Å². The molecular weight excluding hydrogens is 396 g/mol. The number of aryl methyl sites for hydroxylation is 1. The third-order valence-electron chi connectivity index (χ3n) is 5.24. The molecule has 166 valence electrons. The lowest BCUT2D eigenvalue weighted by atomic mass is 10.1. The zero-order valence-electron chi connectivity index (χ0n) is 18.3. The van der Waals surface area contributed by atoms with Crippen LogP contribution >= 0.6 is 0 Å². The molecule has 0 unspecified atom stereocenters. The molecule has 2 aromatic rings. The minimum absolute atomic E-state index is 0.0866. The average molecular weight is 427 g/mol. The quantitative estimate of drug-likeness (QED) is 0.667. The van der Waals surface area contributed by atoms with Crippen LogP contribution in [-0.2, 0) is 22.6 Å². The predicted octanol–water partition coefficient (Wildman–Crippen LogP) is 2.95. The largest absolute Gasteiger partial charge is 0.497 e. The van der Waals surface area contributed by atoms with E-state index in [9.17, 15) is 9.59 Å². The first-order chi connectivity index (χ1) is 15.0. The van der Waals surface area contributed by atoms with Crippen LogP contribution in [0.15, 0.2) is 42.5 Å². The maximum absolute atomic E-state index is 13.2. The molecular formula is C24H30N2O5. The van der Waals surface area contributed by atoms with Gasteiger partial charge in [0, 0.05) is 19.5 Å². The van der Waals surface area contributed by atoms with Crippen LogP contribution in [0.25, 0.3) is 0 Å². The van der Waals surface area contributed by atoms with Crippen LogP contribution in [0.2, 0.25) is 0 Å². The van der Waals surface area contributed by atoms with Gasteiger partial charge in [-0.2, -0.15) is 0 Å². The summed E-state index contributed by atoms with van der Waals surface area (Å²) in [5.74, 6) is 1.90. The normalized spacial score (nSPS) is 13.3. The molecule has 0 saturated carbocycles. The maximum Gasteiger partial charge on any atom is 0.242 e. The summed E-state index contributed by atoms with van der Waals surface area (Å²) < 4.78 is 16.5. The molecule has 2 aromatic carbocycles. The highest BCUT2D eigenvalue weighted by molar-refractivity contribution is 5.87. The minimum Gasteiger partial charge on any atom is -0.497 e. The van der Waals surface area contributed by atoms with Crippen molar-refractivity contribution in [2.24, 2.45) is 0 Å². The molecule has 0 aromatic heterocycles. The van der Waals surface area contributed by atoms with Gasteiger partial charge in [-0.3, -0.25) is 9.59 Å². The number of rotatable bonds is 9. The monoisotopic (exact) mass is 426 g/mol. The van der Waals surface area contributed by atoms with E-state index in [0.29, 0.717) is 44.2 Å². The Bertz CT molecular complexity index is 915. The fourth-order valence-electron chi connectivity index (χ4n) is 3.51. The van der Waals surface area contributed by atoms with Crippen molar-refractivity contribution in [1.82, 2.24) is 10.2 Å². The van der Waals surface area contributed by atoms with E-state index in [0.717, 1.165) is 16.9 Å². The topological polar surface area (TPSA) is 77.1 Å². The second-order valence-corrected chi connectivity index (χ2v) is 7.42. The second kappa shape index (κ2) is 10.7. The fourth-order valence-corrected chi connectivity index (χ4v) is 3.51. The molecule has 0 fully saturated rings. The van der Waals surface area contributed by atoms with Gasteiger partial charge in [0.05, 0.1) is 7.11 Å². The molecule has 0 aliphatic carbocycles. The van der Waals surface area contributed by atoms with Gasteiger partial charge >= 0.3 is 0 Å². The molecule has 7 heteroatoms. The zero-order valence-corrected chi connectivity index (χ0v) is 18.3. The number of methoxy groups -OCH3 is 1. The molecule has 7 nitrogen and oxygen atoms in total. The number of ether oxygens (including phenoxy) is 3. The summed E-state index contributed by atoms with van der Waals surface area (Å²) in [5, 5.41) is 2.81. The van der Waals surface area contributed by atoms with Crippen LogP contribution in [0.5, 0.6) is 17.2 Å². The van der Waals surface area contributed by atoms with Gasteiger partial charge in [-0.25, -0.2) is 0 Å². The molecule has 2 amide bonds. The van der Waals surface area contributed by atoms with Gasteiger partial charge in [0.25, 0.3) is 0 Å². The van der Waals surface area contributed by atoms with Crippen LogP contribution in [-0.4, -0.2) is 49.6 Å². The summed E-state index contributed by atoms with van der Waals surface area (Å²) in [5.41, 5.74) is 1.90. The molecule has 31 heavy (non-hydrogen) atoms. The summed E-state index contributed by atoms with van der Waals surface area (Å²) in [6, 6.07) is 12.7. The first-order valence-electron chi connectivity index (χ1n) is 10.6. The number of carbonyl (C=O) groups is 2. The number of hydrogen-bond donors (Lipinski definition) is 1. The number of benzene rings is 2. The first-order valence-corrected chi connectivity index (χ1v) is 10.6. The number of carbonyl (C=O) groups excluding carboxylic acids is 2. The summed E-state index contributed by atoms with van der Waals surface area (Å²) in [6.07, 6.45) is 0.833. The molecule has 1 aliphatic heterocycles. The highest BCUT2D eigenvalue weighted by atomic mass is 16.6. The van der Waals surface area contributed by atoms with E-state index < -0.39 is 6.04 Å². The van der Waals surface area contributed by atoms with Crippen LogP contribution in [0, 0.1) is 0 Å². The Morgan fingerprint density at radius 3 is 2.61 bits per heavy atom. The Morgan fingerprint density at radius 1 is 1.10 bits per heavy atom. The molecule has 1 N–H and O–H groups in total. The number of amides is 2. The molecule has 1 heterocycles. The first kappa shape index (κ1) is 22.5. The second-order valence-electron chi connectivity index (χ2n) is 7.42. The van der Waals surface area contributed by atoms with Gasteiger partial charge in [0.15, 0.2) is 11.5 Å². The van der Waals surface area contributed by atoms with Gasteiger partial charge in [-0.1, -0.05) is 18.2 Å². The molecule has 3 rings (SSSR count). The highest BCUT2D eigenvalue weighted by Gasteiger charge is 2.26. The third-order valence-corrected chi connectivity index (χ3v) is 5.24. The molecule has 1 atom stereocenters. The van der Waals surface area contributed by atoms with E-state index in [-0.39, 0.29) is 18.2 Å². The van der Waals surface area contributed by atoms with Crippen LogP contribution < -0.4 is 19.5 Å². The smallest absolute Gasteiger partial charge is 0.242 e. The van der Waals surface area contributed by atoms with Gasteiger partial charge < -0.3 is 24.4 Å². The van der Waals surface area contributed by atoms with Crippen molar-refractivity contribution >= 4 is 11.8 Å². The van der Waals surface area contributed by atoms with Crippen molar-refractivity contribution in [1.29, 1.82) is 0 Å². The standard InChI is InChI=1S/C24H30N2O5/c1-4-25-24(28)17(2)26(16-19-6-5-7-20(14-19)29-3)23(27)11-9-18-8-10-21-22(15-18)31-13-12-30-21/h5-8,10,14-15,17H,4,9,11-13,16H2,1-3H3,(H,25,28)/t17-/m1/s1. The van der Waals surface area contributed by atoms with E-state index in [1.165, 1.54) is 0 Å². The Labute approximate surface area is 183 Å². The summed E-state index contributed by atoms with van der Waals surface area (Å²) >= 11 is 0. The number of fused-ring (bicyclic) bond motifs is 1. The van der Waals surface area contributed by atoms with E-state index in [4.69, 9.17) is 14.2 Å². The maximum atomic E-state index is 13.2. The number of likely N-dealkylation sites (N-methyl/N-ethyl adjacent to an activating group) is 1. The molecule has 0 radical (unpaired) electrons. The van der Waals surface area contributed by atoms with E-state index in [1.54, 1.807) is 18.9 Å². The van der Waals surface area contributed by atoms with Gasteiger partial charge in [0.2, 0.25) is 11.8 Å². The van der Waals surface area contributed by atoms with E-state index >= 15 is 0 Å². The van der Waals surface area contributed by atoms with Gasteiger partial charge in [0.1, 0.15) is 25.0 Å².